The minimum absolute atomic E-state index is 0.00148. The van der Waals surface area contributed by atoms with Gasteiger partial charge in [-0.1, -0.05) is 24.3 Å². The third kappa shape index (κ3) is 2.82. The number of hydrogen-bond acceptors (Lipinski definition) is 2. The van der Waals surface area contributed by atoms with Gasteiger partial charge in [0.2, 0.25) is 0 Å². The lowest BCUT2D eigenvalue weighted by molar-refractivity contribution is 0.0828. The highest BCUT2D eigenvalue weighted by Gasteiger charge is 2.13. The zero-order valence-electron chi connectivity index (χ0n) is 12.4. The van der Waals surface area contributed by atoms with E-state index in [0.717, 1.165) is 11.4 Å². The summed E-state index contributed by atoms with van der Waals surface area (Å²) in [6.07, 6.45) is 0. The average molecular weight is 268 g/mol. The van der Waals surface area contributed by atoms with Crippen LogP contribution < -0.4 is 5.32 Å². The first-order chi connectivity index (χ1) is 9.50. The fourth-order valence-corrected chi connectivity index (χ4v) is 2.05. The van der Waals surface area contributed by atoms with Crippen LogP contribution in [0.2, 0.25) is 0 Å². The molecule has 0 fully saturated rings. The highest BCUT2D eigenvalue weighted by molar-refractivity contribution is 6.00. The van der Waals surface area contributed by atoms with Crippen molar-refractivity contribution >= 4 is 17.3 Å². The minimum Gasteiger partial charge on any atom is -0.355 e. The summed E-state index contributed by atoms with van der Waals surface area (Å²) >= 11 is 0. The van der Waals surface area contributed by atoms with E-state index < -0.39 is 0 Å². The van der Waals surface area contributed by atoms with Crippen LogP contribution >= 0.6 is 0 Å². The largest absolute Gasteiger partial charge is 0.355 e. The first kappa shape index (κ1) is 14.1. The second-order valence-electron chi connectivity index (χ2n) is 5.12. The number of rotatable bonds is 3. The second-order valence-corrected chi connectivity index (χ2v) is 5.12. The molecule has 2 rings (SSSR count). The van der Waals surface area contributed by atoms with Crippen molar-refractivity contribution in [2.24, 2.45) is 0 Å². The number of nitrogens with one attached hydrogen (secondary N) is 1. The Balaban J connectivity index is 2.39. The van der Waals surface area contributed by atoms with Gasteiger partial charge in [-0.05, 0) is 43.2 Å². The highest BCUT2D eigenvalue weighted by atomic mass is 16.2. The van der Waals surface area contributed by atoms with Crippen LogP contribution in [0.25, 0.3) is 0 Å². The maximum Gasteiger partial charge on any atom is 0.255 e. The van der Waals surface area contributed by atoms with Gasteiger partial charge in [-0.15, -0.1) is 0 Å². The van der Waals surface area contributed by atoms with Gasteiger partial charge in [0.05, 0.1) is 11.3 Å². The minimum atomic E-state index is -0.00148. The SMILES string of the molecule is Cc1cccc(Nc2ccccc2C(=O)N(C)C)c1C. The molecule has 0 radical (unpaired) electrons. The summed E-state index contributed by atoms with van der Waals surface area (Å²) in [5.74, 6) is -0.00148. The molecule has 0 aliphatic heterocycles. The normalized spacial score (nSPS) is 10.2. The number of benzene rings is 2. The number of hydrogen-bond donors (Lipinski definition) is 1. The van der Waals surface area contributed by atoms with Crippen LogP contribution in [0.3, 0.4) is 0 Å². The van der Waals surface area contributed by atoms with Crippen LogP contribution in [-0.4, -0.2) is 24.9 Å². The highest BCUT2D eigenvalue weighted by Crippen LogP contribution is 2.25. The van der Waals surface area contributed by atoms with Crippen LogP contribution in [0.1, 0.15) is 21.5 Å². The van der Waals surface area contributed by atoms with Crippen molar-refractivity contribution in [1.82, 2.24) is 4.90 Å². The Kier molecular flexibility index (Phi) is 4.08. The van der Waals surface area contributed by atoms with Gasteiger partial charge in [-0.2, -0.15) is 0 Å². The van der Waals surface area contributed by atoms with Gasteiger partial charge in [0.25, 0.3) is 5.91 Å². The van der Waals surface area contributed by atoms with Gasteiger partial charge in [0, 0.05) is 19.8 Å². The van der Waals surface area contributed by atoms with Gasteiger partial charge in [0.15, 0.2) is 0 Å². The van der Waals surface area contributed by atoms with E-state index in [9.17, 15) is 4.79 Å². The summed E-state index contributed by atoms with van der Waals surface area (Å²) in [4.78, 5) is 13.8. The zero-order valence-corrected chi connectivity index (χ0v) is 12.4. The first-order valence-electron chi connectivity index (χ1n) is 6.64. The van der Waals surface area contributed by atoms with E-state index in [2.05, 4.69) is 25.2 Å². The predicted octanol–water partition coefficient (Wildman–Crippen LogP) is 3.75. The standard InChI is InChI=1S/C17H20N2O/c1-12-8-7-11-15(13(12)2)18-16-10-6-5-9-14(16)17(20)19(3)4/h5-11,18H,1-4H3. The third-order valence-electron chi connectivity index (χ3n) is 3.44. The van der Waals surface area contributed by atoms with Crippen LogP contribution in [0.5, 0.6) is 0 Å². The van der Waals surface area contributed by atoms with E-state index in [1.165, 1.54) is 11.1 Å². The van der Waals surface area contributed by atoms with Crippen molar-refractivity contribution in [3.05, 3.63) is 59.2 Å². The molecule has 0 saturated heterocycles. The number of para-hydroxylation sites is 1. The van der Waals surface area contributed by atoms with Gasteiger partial charge in [0.1, 0.15) is 0 Å². The molecule has 2 aromatic carbocycles. The molecule has 0 aromatic heterocycles. The summed E-state index contributed by atoms with van der Waals surface area (Å²) in [7, 11) is 3.52. The van der Waals surface area contributed by atoms with Crippen molar-refractivity contribution in [3.8, 4) is 0 Å². The lowest BCUT2D eigenvalue weighted by Crippen LogP contribution is -2.22. The molecule has 3 heteroatoms. The van der Waals surface area contributed by atoms with Crippen LogP contribution in [0, 0.1) is 13.8 Å². The zero-order chi connectivity index (χ0) is 14.7. The van der Waals surface area contributed by atoms with Gasteiger partial charge >= 0.3 is 0 Å². The molecule has 20 heavy (non-hydrogen) atoms. The molecule has 3 nitrogen and oxygen atoms in total. The van der Waals surface area contributed by atoms with Gasteiger partial charge < -0.3 is 10.2 Å². The summed E-state index contributed by atoms with van der Waals surface area (Å²) in [6.45, 7) is 4.16. The molecule has 0 aliphatic carbocycles. The second kappa shape index (κ2) is 5.78. The van der Waals surface area contributed by atoms with E-state index in [1.54, 1.807) is 19.0 Å². The molecular weight excluding hydrogens is 248 g/mol. The van der Waals surface area contributed by atoms with E-state index in [-0.39, 0.29) is 5.91 Å². The number of amides is 1. The van der Waals surface area contributed by atoms with Crippen molar-refractivity contribution < 1.29 is 4.79 Å². The Labute approximate surface area is 120 Å². The van der Waals surface area contributed by atoms with Crippen LogP contribution in [0.15, 0.2) is 42.5 Å². The fraction of sp³-hybridized carbons (Fsp3) is 0.235. The van der Waals surface area contributed by atoms with Gasteiger partial charge in [-0.25, -0.2) is 0 Å². The fourth-order valence-electron chi connectivity index (χ4n) is 2.05. The maximum absolute atomic E-state index is 12.2. The first-order valence-corrected chi connectivity index (χ1v) is 6.64. The number of carbonyl (C=O) groups excluding carboxylic acids is 1. The lowest BCUT2D eigenvalue weighted by atomic mass is 10.1. The molecule has 0 bridgehead atoms. The molecule has 0 spiro atoms. The molecule has 1 N–H and O–H groups in total. The Morgan fingerprint density at radius 2 is 1.60 bits per heavy atom. The van der Waals surface area contributed by atoms with Crippen molar-refractivity contribution in [2.75, 3.05) is 19.4 Å². The molecular formula is C17H20N2O. The number of aryl methyl sites for hydroxylation is 1. The van der Waals surface area contributed by atoms with E-state index >= 15 is 0 Å². The molecule has 0 heterocycles. The molecule has 2 aromatic rings. The number of carbonyl (C=O) groups is 1. The topological polar surface area (TPSA) is 32.3 Å². The van der Waals surface area contributed by atoms with Crippen LogP contribution in [0.4, 0.5) is 11.4 Å². The maximum atomic E-state index is 12.2. The quantitative estimate of drug-likeness (QED) is 0.919. The Hall–Kier alpha value is -2.29. The molecule has 104 valence electrons. The number of anilines is 2. The summed E-state index contributed by atoms with van der Waals surface area (Å²) < 4.78 is 0. The Bertz CT molecular complexity index is 633. The van der Waals surface area contributed by atoms with Crippen molar-refractivity contribution in [2.45, 2.75) is 13.8 Å². The Morgan fingerprint density at radius 3 is 2.30 bits per heavy atom. The third-order valence-corrected chi connectivity index (χ3v) is 3.44. The van der Waals surface area contributed by atoms with E-state index in [0.29, 0.717) is 5.56 Å². The molecule has 1 amide bonds. The lowest BCUT2D eigenvalue weighted by Gasteiger charge is -2.17. The molecule has 0 unspecified atom stereocenters. The molecule has 0 atom stereocenters. The summed E-state index contributed by atoms with van der Waals surface area (Å²) in [5.41, 5.74) is 4.97. The number of nitrogens with zero attached hydrogens (tertiary/aromatic N) is 1. The predicted molar refractivity (Wildman–Crippen MR) is 83.7 cm³/mol. The molecule has 0 saturated carbocycles. The summed E-state index contributed by atoms with van der Waals surface area (Å²) in [6, 6.07) is 13.7. The van der Waals surface area contributed by atoms with E-state index in [4.69, 9.17) is 0 Å². The molecule has 0 aliphatic rings. The Morgan fingerprint density at radius 1 is 0.950 bits per heavy atom. The average Bonchev–Trinajstić information content (AvgIpc) is 2.43. The van der Waals surface area contributed by atoms with Crippen LogP contribution in [-0.2, 0) is 0 Å². The summed E-state index contributed by atoms with van der Waals surface area (Å²) in [5, 5.41) is 3.37. The smallest absolute Gasteiger partial charge is 0.255 e. The van der Waals surface area contributed by atoms with Crippen molar-refractivity contribution in [1.29, 1.82) is 0 Å². The monoisotopic (exact) mass is 268 g/mol. The van der Waals surface area contributed by atoms with Gasteiger partial charge in [-0.3, -0.25) is 4.79 Å². The van der Waals surface area contributed by atoms with Crippen molar-refractivity contribution in [3.63, 3.8) is 0 Å². The van der Waals surface area contributed by atoms with E-state index in [1.807, 2.05) is 36.4 Å².